The van der Waals surface area contributed by atoms with Gasteiger partial charge in [0, 0.05) is 9.82 Å². The van der Waals surface area contributed by atoms with Gasteiger partial charge >= 0.3 is 0 Å². The Bertz CT molecular complexity index is 735. The number of hydrogen-bond donors (Lipinski definition) is 0. The van der Waals surface area contributed by atoms with Crippen LogP contribution in [-0.2, 0) is 4.74 Å². The third-order valence-corrected chi connectivity index (χ3v) is 3.40. The highest BCUT2D eigenvalue weighted by Gasteiger charge is 2.41. The molecule has 0 N–H and O–H groups in total. The van der Waals surface area contributed by atoms with E-state index in [-0.39, 0.29) is 30.0 Å². The first kappa shape index (κ1) is 15.6. The van der Waals surface area contributed by atoms with Crippen molar-refractivity contribution in [1.29, 1.82) is 0 Å². The quantitative estimate of drug-likeness (QED) is 0.402. The fraction of sp³-hybridized carbons (Fsp3) is 0.385. The van der Waals surface area contributed by atoms with Crippen LogP contribution in [0.3, 0.4) is 0 Å². The summed E-state index contributed by atoms with van der Waals surface area (Å²) in [5.74, 6) is 0.689. The third kappa shape index (κ3) is 3.23. The Hall–Kier alpha value is -3.26. The number of hydrogen-bond acceptors (Lipinski definition) is 7. The Kier molecular flexibility index (Phi) is 4.48. The molecule has 1 fully saturated rings. The monoisotopic (exact) mass is 332 g/mol. The molecule has 124 valence electrons. The van der Waals surface area contributed by atoms with Crippen LogP contribution in [0.15, 0.2) is 44.1 Å². The molecule has 1 saturated heterocycles. The molecule has 3 heterocycles. The molecule has 3 rings (SSSR count). The van der Waals surface area contributed by atoms with E-state index in [1.807, 2.05) is 0 Å². The van der Waals surface area contributed by atoms with Gasteiger partial charge in [-0.1, -0.05) is 10.2 Å². The zero-order valence-corrected chi connectivity index (χ0v) is 12.4. The lowest BCUT2D eigenvalue weighted by Gasteiger charge is -2.40. The number of ether oxygens (including phenoxy) is 3. The minimum Gasteiger partial charge on any atom is -0.489 e. The molecule has 0 amide bonds. The summed E-state index contributed by atoms with van der Waals surface area (Å²) in [4.78, 5) is 5.40. The van der Waals surface area contributed by atoms with Gasteiger partial charge in [-0.15, -0.1) is 0 Å². The Morgan fingerprint density at radius 2 is 1.42 bits per heavy atom. The van der Waals surface area contributed by atoms with Crippen molar-refractivity contribution in [3.63, 3.8) is 0 Å². The summed E-state index contributed by atoms with van der Waals surface area (Å²) in [7, 11) is 0. The topological polar surface area (TPSA) is 151 Å². The van der Waals surface area contributed by atoms with Crippen LogP contribution in [-0.4, -0.2) is 26.4 Å². The highest BCUT2D eigenvalue weighted by atomic mass is 16.5. The number of rotatable bonds is 8. The van der Waals surface area contributed by atoms with Crippen LogP contribution in [0.5, 0.6) is 11.5 Å². The first-order valence-electron chi connectivity index (χ1n) is 6.82. The van der Waals surface area contributed by atoms with Gasteiger partial charge in [-0.2, -0.15) is 0 Å². The molecular formula is C13H12N6O5. The van der Waals surface area contributed by atoms with E-state index in [9.17, 15) is 0 Å². The Balaban J connectivity index is 1.62. The molecule has 11 nitrogen and oxygen atoms in total. The number of azide groups is 2. The molecule has 0 aromatic carbocycles. The van der Waals surface area contributed by atoms with Crippen molar-refractivity contribution in [3.8, 4) is 11.5 Å². The maximum absolute atomic E-state index is 8.49. The zero-order chi connectivity index (χ0) is 16.8. The maximum atomic E-state index is 8.49. The predicted octanol–water partition coefficient (Wildman–Crippen LogP) is 4.23. The second kappa shape index (κ2) is 6.88. The Morgan fingerprint density at radius 3 is 1.79 bits per heavy atom. The largest absolute Gasteiger partial charge is 0.489 e. The average Bonchev–Trinajstić information content (AvgIpc) is 3.17. The summed E-state index contributed by atoms with van der Waals surface area (Å²) in [6.07, 6.45) is 5.31. The van der Waals surface area contributed by atoms with Gasteiger partial charge in [-0.05, 0) is 11.1 Å². The minimum absolute atomic E-state index is 0.272. The molecule has 0 aliphatic carbocycles. The number of nitrogens with zero attached hydrogens (tertiary/aromatic N) is 6. The van der Waals surface area contributed by atoms with E-state index >= 15 is 0 Å². The summed E-state index contributed by atoms with van der Waals surface area (Å²) < 4.78 is 26.5. The van der Waals surface area contributed by atoms with Crippen molar-refractivity contribution in [2.45, 2.75) is 0 Å². The van der Waals surface area contributed by atoms with Crippen LogP contribution >= 0.6 is 0 Å². The van der Waals surface area contributed by atoms with Gasteiger partial charge in [0.1, 0.15) is 49.6 Å². The molecule has 1 aliphatic heterocycles. The summed E-state index contributed by atoms with van der Waals surface area (Å²) in [6.45, 7) is 1.43. The van der Waals surface area contributed by atoms with E-state index in [4.69, 9.17) is 34.1 Å². The van der Waals surface area contributed by atoms with E-state index < -0.39 is 0 Å². The fourth-order valence-corrected chi connectivity index (χ4v) is 2.08. The van der Waals surface area contributed by atoms with Crippen molar-refractivity contribution in [1.82, 2.24) is 0 Å². The van der Waals surface area contributed by atoms with Crippen LogP contribution in [0.4, 0.5) is 11.4 Å². The van der Waals surface area contributed by atoms with E-state index in [0.29, 0.717) is 24.7 Å². The van der Waals surface area contributed by atoms with E-state index in [0.717, 1.165) is 0 Å². The molecule has 0 spiro atoms. The molecule has 0 bridgehead atoms. The van der Waals surface area contributed by atoms with E-state index in [2.05, 4.69) is 20.1 Å². The van der Waals surface area contributed by atoms with Crippen molar-refractivity contribution < 1.29 is 23.0 Å². The first-order chi connectivity index (χ1) is 11.8. The first-order valence-corrected chi connectivity index (χ1v) is 6.82. The molecule has 0 atom stereocenters. The molecule has 24 heavy (non-hydrogen) atoms. The van der Waals surface area contributed by atoms with Gasteiger partial charge in [0.15, 0.2) is 11.5 Å². The fourth-order valence-electron chi connectivity index (χ4n) is 2.08. The van der Waals surface area contributed by atoms with Gasteiger partial charge in [-0.3, -0.25) is 0 Å². The minimum atomic E-state index is -0.379. The van der Waals surface area contributed by atoms with Gasteiger partial charge in [0.05, 0.1) is 18.6 Å². The number of furan rings is 2. The van der Waals surface area contributed by atoms with E-state index in [1.165, 1.54) is 25.1 Å². The van der Waals surface area contributed by atoms with Gasteiger partial charge in [-0.25, -0.2) is 0 Å². The molecule has 2 aromatic rings. The van der Waals surface area contributed by atoms with Crippen molar-refractivity contribution in [2.75, 3.05) is 26.4 Å². The Morgan fingerprint density at radius 1 is 0.917 bits per heavy atom. The van der Waals surface area contributed by atoms with Crippen molar-refractivity contribution in [2.24, 2.45) is 15.6 Å². The molecule has 1 aliphatic rings. The van der Waals surface area contributed by atoms with Crippen LogP contribution < -0.4 is 9.47 Å². The maximum Gasteiger partial charge on any atom is 0.167 e. The predicted molar refractivity (Wildman–Crippen MR) is 79.3 cm³/mol. The second-order valence-corrected chi connectivity index (χ2v) is 5.19. The summed E-state index contributed by atoms with van der Waals surface area (Å²) >= 11 is 0. The smallest absolute Gasteiger partial charge is 0.167 e. The lowest BCUT2D eigenvalue weighted by Crippen LogP contribution is -2.51. The summed E-state index contributed by atoms with van der Waals surface area (Å²) in [5.41, 5.74) is 17.1. The molecule has 2 aromatic heterocycles. The second-order valence-electron chi connectivity index (χ2n) is 5.19. The molecule has 0 saturated carbocycles. The van der Waals surface area contributed by atoms with Crippen LogP contribution in [0, 0.1) is 5.41 Å². The summed E-state index contributed by atoms with van der Waals surface area (Å²) in [5, 5.41) is 6.94. The van der Waals surface area contributed by atoms with Crippen molar-refractivity contribution in [3.05, 3.63) is 45.9 Å². The molecule has 0 radical (unpaired) electrons. The Labute approximate surface area is 135 Å². The lowest BCUT2D eigenvalue weighted by atomic mass is 9.88. The van der Waals surface area contributed by atoms with Crippen LogP contribution in [0.2, 0.25) is 0 Å². The van der Waals surface area contributed by atoms with Crippen molar-refractivity contribution >= 4 is 11.4 Å². The molecule has 11 heteroatoms. The standard InChI is InChI=1S/C13H12N6O5/c14-18-16-9-1-20-3-11(9)23-7-13(5-22-6-13)8-24-12-4-21-2-10(12)17-19-15/h1-4H,5-8H2. The third-order valence-electron chi connectivity index (χ3n) is 3.40. The van der Waals surface area contributed by atoms with Crippen LogP contribution in [0.25, 0.3) is 20.9 Å². The normalized spacial score (nSPS) is 14.8. The van der Waals surface area contributed by atoms with Gasteiger partial charge < -0.3 is 23.0 Å². The zero-order valence-electron chi connectivity index (χ0n) is 12.4. The highest BCUT2D eigenvalue weighted by molar-refractivity contribution is 5.48. The lowest BCUT2D eigenvalue weighted by molar-refractivity contribution is -0.148. The van der Waals surface area contributed by atoms with Crippen LogP contribution in [0.1, 0.15) is 0 Å². The van der Waals surface area contributed by atoms with Gasteiger partial charge in [0.25, 0.3) is 0 Å². The molecular weight excluding hydrogens is 320 g/mol. The highest BCUT2D eigenvalue weighted by Crippen LogP contribution is 2.35. The molecule has 0 unspecified atom stereocenters. The average molecular weight is 332 g/mol. The van der Waals surface area contributed by atoms with E-state index in [1.54, 1.807) is 0 Å². The SMILES string of the molecule is [N-]=[N+]=Nc1cocc1OCC1(COc2cocc2N=[N+]=[N-])COC1. The summed E-state index contributed by atoms with van der Waals surface area (Å²) in [6, 6.07) is 0. The van der Waals surface area contributed by atoms with Gasteiger partial charge in [0.2, 0.25) is 0 Å².